The van der Waals surface area contributed by atoms with Crippen molar-refractivity contribution in [3.05, 3.63) is 18.2 Å². The van der Waals surface area contributed by atoms with Crippen LogP contribution >= 0.6 is 11.3 Å². The molecule has 7 nitrogen and oxygen atoms in total. The Kier molecular flexibility index (Phi) is 4.93. The highest BCUT2D eigenvalue weighted by atomic mass is 32.1. The van der Waals surface area contributed by atoms with E-state index in [0.717, 1.165) is 35.2 Å². The van der Waals surface area contributed by atoms with Gasteiger partial charge in [-0.05, 0) is 58.2 Å². The van der Waals surface area contributed by atoms with E-state index in [0.29, 0.717) is 18.2 Å². The number of thiazole rings is 1. The number of nitrogens with one attached hydrogen (secondary N) is 1. The number of rotatable bonds is 3. The van der Waals surface area contributed by atoms with Crippen molar-refractivity contribution in [1.82, 2.24) is 9.88 Å². The normalized spacial score (nSPS) is 23.9. The van der Waals surface area contributed by atoms with Crippen LogP contribution in [0.25, 0.3) is 10.2 Å². The molecule has 8 heteroatoms. The molecule has 1 saturated carbocycles. The van der Waals surface area contributed by atoms with Gasteiger partial charge in [-0.3, -0.25) is 4.79 Å². The molecule has 2 aliphatic rings. The van der Waals surface area contributed by atoms with Crippen LogP contribution in [0.4, 0.5) is 9.93 Å². The van der Waals surface area contributed by atoms with Gasteiger partial charge in [0.1, 0.15) is 11.4 Å². The van der Waals surface area contributed by atoms with Crippen molar-refractivity contribution in [2.45, 2.75) is 45.6 Å². The van der Waals surface area contributed by atoms with Gasteiger partial charge in [-0.25, -0.2) is 9.78 Å². The van der Waals surface area contributed by atoms with E-state index in [-0.39, 0.29) is 23.3 Å². The van der Waals surface area contributed by atoms with E-state index in [1.54, 1.807) is 12.0 Å². The summed E-state index contributed by atoms with van der Waals surface area (Å²) in [5, 5.41) is 3.57. The van der Waals surface area contributed by atoms with Gasteiger partial charge in [-0.15, -0.1) is 0 Å². The Morgan fingerprint density at radius 2 is 2.14 bits per heavy atom. The summed E-state index contributed by atoms with van der Waals surface area (Å²) in [5.74, 6) is 0.668. The molecule has 2 atom stereocenters. The maximum Gasteiger partial charge on any atom is 0.410 e. The highest BCUT2D eigenvalue weighted by molar-refractivity contribution is 7.22. The third kappa shape index (κ3) is 4.17. The Bertz CT molecular complexity index is 951. The minimum Gasteiger partial charge on any atom is -0.497 e. The molecule has 156 valence electrons. The highest BCUT2D eigenvalue weighted by Gasteiger charge is 2.60. The number of hydrogen-bond donors (Lipinski definition) is 1. The summed E-state index contributed by atoms with van der Waals surface area (Å²) in [6, 6.07) is 5.66. The topological polar surface area (TPSA) is 80.8 Å². The van der Waals surface area contributed by atoms with Crippen LogP contribution in [-0.4, -0.2) is 47.7 Å². The number of likely N-dealkylation sites (tertiary alicyclic amines) is 1. The van der Waals surface area contributed by atoms with Gasteiger partial charge in [0.05, 0.1) is 17.3 Å². The zero-order chi connectivity index (χ0) is 20.8. The first-order chi connectivity index (χ1) is 13.7. The van der Waals surface area contributed by atoms with Gasteiger partial charge in [0.15, 0.2) is 5.13 Å². The number of piperidine rings is 1. The lowest BCUT2D eigenvalue weighted by Gasteiger charge is -2.34. The maximum atomic E-state index is 12.8. The number of aromatic nitrogens is 1. The maximum absolute atomic E-state index is 12.8. The van der Waals surface area contributed by atoms with Crippen molar-refractivity contribution in [2.75, 3.05) is 25.5 Å². The van der Waals surface area contributed by atoms with Gasteiger partial charge >= 0.3 is 6.09 Å². The Labute approximate surface area is 174 Å². The lowest BCUT2D eigenvalue weighted by molar-refractivity contribution is -0.118. The molecular weight excluding hydrogens is 390 g/mol. The largest absolute Gasteiger partial charge is 0.497 e. The molecular formula is C21H27N3O4S. The number of nitrogens with zero attached hydrogens (tertiary/aromatic N) is 2. The summed E-state index contributed by atoms with van der Waals surface area (Å²) in [6.07, 6.45) is 2.37. The summed E-state index contributed by atoms with van der Waals surface area (Å²) < 4.78 is 11.7. The van der Waals surface area contributed by atoms with E-state index in [2.05, 4.69) is 10.3 Å². The van der Waals surface area contributed by atoms with Gasteiger partial charge in [-0.1, -0.05) is 11.3 Å². The number of carbonyl (C=O) groups excluding carboxylic acids is 2. The minimum atomic E-state index is -0.516. The summed E-state index contributed by atoms with van der Waals surface area (Å²) >= 11 is 1.44. The van der Waals surface area contributed by atoms with Crippen LogP contribution in [-0.2, 0) is 9.53 Å². The van der Waals surface area contributed by atoms with Gasteiger partial charge in [0.2, 0.25) is 5.91 Å². The molecule has 0 bridgehead atoms. The van der Waals surface area contributed by atoms with Crippen LogP contribution in [0.15, 0.2) is 18.2 Å². The van der Waals surface area contributed by atoms with Crippen molar-refractivity contribution in [1.29, 1.82) is 0 Å². The molecule has 1 spiro atoms. The first-order valence-corrected chi connectivity index (χ1v) is 10.7. The van der Waals surface area contributed by atoms with Crippen LogP contribution in [0.3, 0.4) is 0 Å². The monoisotopic (exact) mass is 417 g/mol. The predicted octanol–water partition coefficient (Wildman–Crippen LogP) is 4.28. The zero-order valence-electron chi connectivity index (χ0n) is 17.3. The molecule has 1 aromatic carbocycles. The molecule has 2 unspecified atom stereocenters. The molecule has 1 aliphatic heterocycles. The van der Waals surface area contributed by atoms with E-state index in [4.69, 9.17) is 9.47 Å². The van der Waals surface area contributed by atoms with Gasteiger partial charge in [0, 0.05) is 24.4 Å². The molecule has 1 saturated heterocycles. The van der Waals surface area contributed by atoms with Crippen LogP contribution in [0.1, 0.15) is 40.0 Å². The minimum absolute atomic E-state index is 0.0120. The van der Waals surface area contributed by atoms with Crippen LogP contribution < -0.4 is 10.1 Å². The Morgan fingerprint density at radius 3 is 2.86 bits per heavy atom. The first-order valence-electron chi connectivity index (χ1n) is 9.92. The zero-order valence-corrected chi connectivity index (χ0v) is 18.1. The molecule has 2 heterocycles. The third-order valence-electron chi connectivity index (χ3n) is 5.59. The fourth-order valence-corrected chi connectivity index (χ4v) is 4.99. The number of anilines is 1. The standard InChI is InChI=1S/C21H27N3O4S/c1-20(2,3)28-19(26)24-9-5-8-21(12-24)11-14(21)17(25)23-18-22-15-7-6-13(27-4)10-16(15)29-18/h6-7,10,14H,5,8-9,11-12H2,1-4H3,(H,22,23,25). The van der Waals surface area contributed by atoms with Gasteiger partial charge in [0.25, 0.3) is 0 Å². The second-order valence-electron chi connectivity index (χ2n) is 8.97. The van der Waals surface area contributed by atoms with Gasteiger partial charge < -0.3 is 19.7 Å². The summed E-state index contributed by atoms with van der Waals surface area (Å²) in [6.45, 7) is 6.87. The number of fused-ring (bicyclic) bond motifs is 1. The van der Waals surface area contributed by atoms with E-state index < -0.39 is 5.60 Å². The molecule has 1 aliphatic carbocycles. The number of hydrogen-bond acceptors (Lipinski definition) is 6. The molecule has 29 heavy (non-hydrogen) atoms. The predicted molar refractivity (Wildman–Crippen MR) is 112 cm³/mol. The number of ether oxygens (including phenoxy) is 2. The molecule has 0 radical (unpaired) electrons. The van der Waals surface area contributed by atoms with E-state index in [1.165, 1.54) is 11.3 Å². The number of benzene rings is 1. The van der Waals surface area contributed by atoms with Crippen molar-refractivity contribution in [3.63, 3.8) is 0 Å². The summed E-state index contributed by atoms with van der Waals surface area (Å²) in [4.78, 5) is 31.5. The molecule has 1 aromatic heterocycles. The summed E-state index contributed by atoms with van der Waals surface area (Å²) in [5.41, 5.74) is 0.196. The van der Waals surface area contributed by atoms with E-state index >= 15 is 0 Å². The van der Waals surface area contributed by atoms with Crippen molar-refractivity contribution in [2.24, 2.45) is 11.3 Å². The average molecular weight is 418 g/mol. The number of methoxy groups -OCH3 is 1. The highest BCUT2D eigenvalue weighted by Crippen LogP contribution is 2.58. The Morgan fingerprint density at radius 1 is 1.34 bits per heavy atom. The second kappa shape index (κ2) is 7.16. The molecule has 2 aromatic rings. The number of amides is 2. The molecule has 2 fully saturated rings. The third-order valence-corrected chi connectivity index (χ3v) is 6.53. The average Bonchev–Trinajstić information content (AvgIpc) is 3.18. The molecule has 4 rings (SSSR count). The van der Waals surface area contributed by atoms with Crippen molar-refractivity contribution >= 4 is 38.7 Å². The van der Waals surface area contributed by atoms with Crippen LogP contribution in [0.2, 0.25) is 0 Å². The van der Waals surface area contributed by atoms with E-state index in [9.17, 15) is 9.59 Å². The molecule has 1 N–H and O–H groups in total. The van der Waals surface area contributed by atoms with Crippen molar-refractivity contribution in [3.8, 4) is 5.75 Å². The SMILES string of the molecule is COc1ccc2nc(NC(=O)C3CC34CCCN(C(=O)OC(C)(C)C)C4)sc2c1. The Hall–Kier alpha value is -2.35. The quantitative estimate of drug-likeness (QED) is 0.806. The first kappa shape index (κ1) is 19.9. The number of carbonyl (C=O) groups is 2. The fourth-order valence-electron chi connectivity index (χ4n) is 4.09. The van der Waals surface area contributed by atoms with Gasteiger partial charge in [-0.2, -0.15) is 0 Å². The lowest BCUT2D eigenvalue weighted by Crippen LogP contribution is -2.44. The smallest absolute Gasteiger partial charge is 0.410 e. The fraction of sp³-hybridized carbons (Fsp3) is 0.571. The second-order valence-corrected chi connectivity index (χ2v) is 10.00. The lowest BCUT2D eigenvalue weighted by atomic mass is 9.92. The van der Waals surface area contributed by atoms with Crippen LogP contribution in [0.5, 0.6) is 5.75 Å². The summed E-state index contributed by atoms with van der Waals surface area (Å²) in [7, 11) is 1.63. The van der Waals surface area contributed by atoms with E-state index in [1.807, 2.05) is 39.0 Å². The molecule has 2 amide bonds. The van der Waals surface area contributed by atoms with Crippen molar-refractivity contribution < 1.29 is 19.1 Å². The Balaban J connectivity index is 1.40. The van der Waals surface area contributed by atoms with Crippen LogP contribution in [0, 0.1) is 11.3 Å².